The molecule has 2 aromatic carbocycles. The number of hydrogen-bond acceptors (Lipinski definition) is 5. The first kappa shape index (κ1) is 16.5. The van der Waals surface area contributed by atoms with Crippen molar-refractivity contribution >= 4 is 44.0 Å². The van der Waals surface area contributed by atoms with E-state index in [2.05, 4.69) is 50.6 Å². The average molecular weight is 381 g/mol. The van der Waals surface area contributed by atoms with Gasteiger partial charge in [-0.1, -0.05) is 36.3 Å². The molecule has 0 atom stereocenters. The Labute approximate surface area is 165 Å². The van der Waals surface area contributed by atoms with Gasteiger partial charge in [-0.3, -0.25) is 4.68 Å². The normalized spacial score (nSPS) is 11.0. The fraction of sp³-hybridized carbons (Fsp3) is 0.0455. The van der Waals surface area contributed by atoms with Gasteiger partial charge < -0.3 is 5.32 Å². The smallest absolute Gasteiger partial charge is 0.151 e. The molecule has 0 radical (unpaired) electrons. The van der Waals surface area contributed by atoms with Crippen molar-refractivity contribution in [3.63, 3.8) is 0 Å². The number of anilines is 2. The van der Waals surface area contributed by atoms with Crippen LogP contribution in [-0.4, -0.2) is 19.7 Å². The molecule has 0 aliphatic carbocycles. The summed E-state index contributed by atoms with van der Waals surface area (Å²) in [5.41, 5.74) is 4.11. The second-order valence-corrected chi connectivity index (χ2v) is 7.43. The third-order valence-corrected chi connectivity index (χ3v) is 5.60. The Hall–Kier alpha value is -3.69. The van der Waals surface area contributed by atoms with Crippen molar-refractivity contribution in [3.05, 3.63) is 77.6 Å². The first-order valence-corrected chi connectivity index (χ1v) is 9.59. The van der Waals surface area contributed by atoms with E-state index in [0.29, 0.717) is 0 Å². The van der Waals surface area contributed by atoms with Crippen molar-refractivity contribution in [2.45, 2.75) is 6.54 Å². The van der Waals surface area contributed by atoms with E-state index in [4.69, 9.17) is 6.42 Å². The van der Waals surface area contributed by atoms with Crippen molar-refractivity contribution in [2.24, 2.45) is 0 Å². The lowest BCUT2D eigenvalue weighted by Crippen LogP contribution is -2.01. The molecular weight excluding hydrogens is 366 g/mol. The lowest BCUT2D eigenvalue weighted by Gasteiger charge is -2.07. The Morgan fingerprint density at radius 3 is 2.82 bits per heavy atom. The Morgan fingerprint density at radius 1 is 1.07 bits per heavy atom. The summed E-state index contributed by atoms with van der Waals surface area (Å²) in [6.07, 6.45) is 8.96. The minimum absolute atomic E-state index is 0.744. The molecule has 0 saturated heterocycles. The highest BCUT2D eigenvalue weighted by molar-refractivity contribution is 7.20. The van der Waals surface area contributed by atoms with Crippen LogP contribution in [-0.2, 0) is 6.54 Å². The molecule has 28 heavy (non-hydrogen) atoms. The molecule has 0 unspecified atom stereocenters. The lowest BCUT2D eigenvalue weighted by molar-refractivity contribution is 0.712. The summed E-state index contributed by atoms with van der Waals surface area (Å²) in [5.74, 6) is 3.42. The highest BCUT2D eigenvalue weighted by atomic mass is 32.1. The summed E-state index contributed by atoms with van der Waals surface area (Å²) in [6, 6.07) is 18.4. The Kier molecular flexibility index (Phi) is 4.00. The van der Waals surface area contributed by atoms with Crippen LogP contribution < -0.4 is 5.32 Å². The standard InChI is InChI=1S/C22H15N5S/c1-2-18-11-19-21(28-18)22(24-14-23-19)26-17-8-9-20-16(10-17)12-25-27(20)13-15-6-4-3-5-7-15/h1,3-12,14H,13H2,(H,23,24,26). The van der Waals surface area contributed by atoms with Gasteiger partial charge in [0.25, 0.3) is 0 Å². The van der Waals surface area contributed by atoms with E-state index in [1.807, 2.05) is 41.2 Å². The Bertz CT molecular complexity index is 1330. The third-order valence-electron chi connectivity index (χ3n) is 4.53. The molecule has 3 aromatic heterocycles. The zero-order valence-electron chi connectivity index (χ0n) is 14.8. The molecule has 5 rings (SSSR count). The number of hydrogen-bond donors (Lipinski definition) is 1. The van der Waals surface area contributed by atoms with Gasteiger partial charge in [-0.05, 0) is 29.8 Å². The minimum Gasteiger partial charge on any atom is -0.339 e. The predicted octanol–water partition coefficient (Wildman–Crippen LogP) is 4.81. The molecular formula is C22H15N5S. The van der Waals surface area contributed by atoms with Crippen molar-refractivity contribution in [1.29, 1.82) is 0 Å². The van der Waals surface area contributed by atoms with Crippen LogP contribution in [0.2, 0.25) is 0 Å². The molecule has 134 valence electrons. The molecule has 0 aliphatic rings. The van der Waals surface area contributed by atoms with E-state index in [0.717, 1.165) is 44.0 Å². The summed E-state index contributed by atoms with van der Waals surface area (Å²) in [6.45, 7) is 0.744. The highest BCUT2D eigenvalue weighted by Crippen LogP contribution is 2.31. The van der Waals surface area contributed by atoms with Crippen LogP contribution in [0.1, 0.15) is 10.4 Å². The minimum atomic E-state index is 0.744. The van der Waals surface area contributed by atoms with Crippen LogP contribution in [0.15, 0.2) is 67.1 Å². The topological polar surface area (TPSA) is 55.6 Å². The Balaban J connectivity index is 1.46. The van der Waals surface area contributed by atoms with Crippen LogP contribution in [0.25, 0.3) is 21.1 Å². The number of benzene rings is 2. The van der Waals surface area contributed by atoms with E-state index in [-0.39, 0.29) is 0 Å². The van der Waals surface area contributed by atoms with Gasteiger partial charge in [-0.2, -0.15) is 5.10 Å². The predicted molar refractivity (Wildman–Crippen MR) is 114 cm³/mol. The third kappa shape index (κ3) is 2.98. The highest BCUT2D eigenvalue weighted by Gasteiger charge is 2.10. The second kappa shape index (κ2) is 6.80. The largest absolute Gasteiger partial charge is 0.339 e. The maximum Gasteiger partial charge on any atom is 0.151 e. The van der Waals surface area contributed by atoms with Gasteiger partial charge in [-0.25, -0.2) is 9.97 Å². The lowest BCUT2D eigenvalue weighted by atomic mass is 10.2. The zero-order chi connectivity index (χ0) is 18.9. The maximum atomic E-state index is 5.52. The second-order valence-electron chi connectivity index (χ2n) is 6.38. The summed E-state index contributed by atoms with van der Waals surface area (Å²) in [4.78, 5) is 9.53. The van der Waals surface area contributed by atoms with E-state index >= 15 is 0 Å². The van der Waals surface area contributed by atoms with Gasteiger partial charge >= 0.3 is 0 Å². The maximum absolute atomic E-state index is 5.52. The molecule has 6 heteroatoms. The van der Waals surface area contributed by atoms with Gasteiger partial charge in [0.05, 0.1) is 33.4 Å². The van der Waals surface area contributed by atoms with Gasteiger partial charge in [0.1, 0.15) is 6.33 Å². The molecule has 0 aliphatic heterocycles. The molecule has 5 aromatic rings. The van der Waals surface area contributed by atoms with Gasteiger partial charge in [-0.15, -0.1) is 17.8 Å². The fourth-order valence-electron chi connectivity index (χ4n) is 3.20. The number of nitrogens with one attached hydrogen (secondary N) is 1. The molecule has 0 saturated carbocycles. The molecule has 0 bridgehead atoms. The van der Waals surface area contributed by atoms with Crippen molar-refractivity contribution in [1.82, 2.24) is 19.7 Å². The first-order chi connectivity index (χ1) is 13.8. The van der Waals surface area contributed by atoms with E-state index in [1.165, 1.54) is 16.9 Å². The summed E-state index contributed by atoms with van der Waals surface area (Å²) in [7, 11) is 0. The number of fused-ring (bicyclic) bond motifs is 2. The molecule has 1 N–H and O–H groups in total. The van der Waals surface area contributed by atoms with E-state index in [9.17, 15) is 0 Å². The summed E-state index contributed by atoms with van der Waals surface area (Å²) in [5, 5.41) is 9.01. The summed E-state index contributed by atoms with van der Waals surface area (Å²) >= 11 is 1.51. The van der Waals surface area contributed by atoms with Crippen molar-refractivity contribution < 1.29 is 0 Å². The summed E-state index contributed by atoms with van der Waals surface area (Å²) < 4.78 is 2.96. The number of aromatic nitrogens is 4. The number of terminal acetylenes is 1. The number of nitrogens with zero attached hydrogens (tertiary/aromatic N) is 4. The molecule has 0 spiro atoms. The monoisotopic (exact) mass is 381 g/mol. The SMILES string of the molecule is C#Cc1cc2ncnc(Nc3ccc4c(cnn4Cc4ccccc4)c3)c2s1. The number of thiophene rings is 1. The van der Waals surface area contributed by atoms with E-state index < -0.39 is 0 Å². The van der Waals surface area contributed by atoms with Crippen LogP contribution in [0.5, 0.6) is 0 Å². The molecule has 5 nitrogen and oxygen atoms in total. The van der Waals surface area contributed by atoms with Crippen LogP contribution >= 0.6 is 11.3 Å². The van der Waals surface area contributed by atoms with Crippen molar-refractivity contribution in [2.75, 3.05) is 5.32 Å². The Morgan fingerprint density at radius 2 is 1.96 bits per heavy atom. The molecule has 0 fully saturated rings. The van der Waals surface area contributed by atoms with E-state index in [1.54, 1.807) is 6.33 Å². The quantitative estimate of drug-likeness (QED) is 0.454. The molecule has 0 amide bonds. The van der Waals surface area contributed by atoms with Crippen LogP contribution in [0.4, 0.5) is 11.5 Å². The van der Waals surface area contributed by atoms with Gasteiger partial charge in [0.2, 0.25) is 0 Å². The fourth-order valence-corrected chi connectivity index (χ4v) is 4.06. The van der Waals surface area contributed by atoms with Crippen LogP contribution in [0.3, 0.4) is 0 Å². The van der Waals surface area contributed by atoms with Gasteiger partial charge in [0.15, 0.2) is 5.82 Å². The van der Waals surface area contributed by atoms with Crippen molar-refractivity contribution in [3.8, 4) is 12.3 Å². The zero-order valence-corrected chi connectivity index (χ0v) is 15.6. The molecule has 3 heterocycles. The van der Waals surface area contributed by atoms with Gasteiger partial charge in [0, 0.05) is 11.1 Å². The van der Waals surface area contributed by atoms with Crippen LogP contribution in [0, 0.1) is 12.3 Å². The number of rotatable bonds is 4. The average Bonchev–Trinajstić information content (AvgIpc) is 3.33. The first-order valence-electron chi connectivity index (χ1n) is 8.78.